The molecule has 0 saturated carbocycles. The molecule has 3 aromatic carbocycles. The maximum atomic E-state index is 13.6. The van der Waals surface area contributed by atoms with E-state index in [0.717, 1.165) is 5.56 Å². The van der Waals surface area contributed by atoms with E-state index in [2.05, 4.69) is 0 Å². The van der Waals surface area contributed by atoms with Gasteiger partial charge >= 0.3 is 0 Å². The highest BCUT2D eigenvalue weighted by Gasteiger charge is 2.33. The van der Waals surface area contributed by atoms with Crippen LogP contribution in [0.25, 0.3) is 0 Å². The van der Waals surface area contributed by atoms with Crippen LogP contribution in [0.4, 0.5) is 0 Å². The van der Waals surface area contributed by atoms with Gasteiger partial charge < -0.3 is 14.6 Å². The molecule has 6 heteroatoms. The van der Waals surface area contributed by atoms with E-state index in [1.807, 2.05) is 6.92 Å². The van der Waals surface area contributed by atoms with Crippen LogP contribution in [0.5, 0.6) is 17.2 Å². The van der Waals surface area contributed by atoms with Crippen molar-refractivity contribution in [1.82, 2.24) is 0 Å². The lowest BCUT2D eigenvalue weighted by Gasteiger charge is -2.21. The van der Waals surface area contributed by atoms with Crippen LogP contribution >= 0.6 is 0 Å². The van der Waals surface area contributed by atoms with Crippen molar-refractivity contribution in [3.05, 3.63) is 83.4 Å². The summed E-state index contributed by atoms with van der Waals surface area (Å²) in [7, 11) is -0.876. The Hall–Kier alpha value is -2.99. The molecule has 3 rings (SSSR count). The van der Waals surface area contributed by atoms with Gasteiger partial charge in [-0.1, -0.05) is 42.0 Å². The van der Waals surface area contributed by atoms with E-state index in [9.17, 15) is 13.5 Å². The van der Waals surface area contributed by atoms with Gasteiger partial charge in [0.25, 0.3) is 0 Å². The summed E-state index contributed by atoms with van der Waals surface area (Å²) < 4.78 is 37.5. The number of aryl methyl sites for hydroxylation is 1. The van der Waals surface area contributed by atoms with E-state index in [1.54, 1.807) is 73.8 Å². The molecule has 0 heterocycles. The number of ether oxygens (including phenoxy) is 2. The van der Waals surface area contributed by atoms with Crippen LogP contribution in [0.3, 0.4) is 0 Å². The quantitative estimate of drug-likeness (QED) is 0.671. The van der Waals surface area contributed by atoms with Gasteiger partial charge in [0.05, 0.1) is 19.1 Å². The van der Waals surface area contributed by atoms with E-state index < -0.39 is 15.1 Å². The highest BCUT2D eigenvalue weighted by Crippen LogP contribution is 2.42. The molecule has 0 saturated heterocycles. The fraction of sp³-hybridized carbons (Fsp3) is 0.182. The second-order valence-corrected chi connectivity index (χ2v) is 8.44. The second kappa shape index (κ2) is 7.94. The third-order valence-electron chi connectivity index (χ3n) is 4.61. The van der Waals surface area contributed by atoms with Gasteiger partial charge in [0.1, 0.15) is 11.0 Å². The third kappa shape index (κ3) is 3.68. The van der Waals surface area contributed by atoms with Crippen LogP contribution in [0.1, 0.15) is 21.9 Å². The Balaban J connectivity index is 2.23. The smallest absolute Gasteiger partial charge is 0.189 e. The predicted octanol–water partition coefficient (Wildman–Crippen LogP) is 4.28. The summed E-state index contributed by atoms with van der Waals surface area (Å²) in [5, 5.41) is 9.56. The van der Waals surface area contributed by atoms with Crippen molar-refractivity contribution in [3.63, 3.8) is 0 Å². The number of benzene rings is 3. The molecule has 5 nitrogen and oxygen atoms in total. The molecule has 3 aromatic rings. The summed E-state index contributed by atoms with van der Waals surface area (Å²) in [6.07, 6.45) is 0. The SMILES string of the molecule is COc1ccc(C(c2cccc(OC)c2O)S(=O)(=O)c2ccc(C)cc2)cc1. The van der Waals surface area contributed by atoms with Crippen molar-refractivity contribution >= 4 is 9.84 Å². The van der Waals surface area contributed by atoms with Crippen LogP contribution in [-0.2, 0) is 9.84 Å². The van der Waals surface area contributed by atoms with Crippen LogP contribution in [0.15, 0.2) is 71.6 Å². The van der Waals surface area contributed by atoms with Crippen molar-refractivity contribution in [2.75, 3.05) is 14.2 Å². The van der Waals surface area contributed by atoms with E-state index in [1.165, 1.54) is 7.11 Å². The molecule has 0 spiro atoms. The van der Waals surface area contributed by atoms with Gasteiger partial charge in [0, 0.05) is 5.56 Å². The predicted molar refractivity (Wildman–Crippen MR) is 108 cm³/mol. The van der Waals surface area contributed by atoms with Crippen LogP contribution < -0.4 is 9.47 Å². The largest absolute Gasteiger partial charge is 0.504 e. The van der Waals surface area contributed by atoms with E-state index >= 15 is 0 Å². The van der Waals surface area contributed by atoms with Gasteiger partial charge in [-0.15, -0.1) is 0 Å². The summed E-state index contributed by atoms with van der Waals surface area (Å²) in [6.45, 7) is 1.89. The van der Waals surface area contributed by atoms with Gasteiger partial charge in [0.2, 0.25) is 0 Å². The van der Waals surface area contributed by atoms with E-state index in [-0.39, 0.29) is 22.0 Å². The molecule has 0 bridgehead atoms. The Morgan fingerprint density at radius 2 is 1.50 bits per heavy atom. The molecule has 0 amide bonds. The number of hydrogen-bond donors (Lipinski definition) is 1. The van der Waals surface area contributed by atoms with Gasteiger partial charge in [-0.05, 0) is 42.8 Å². The van der Waals surface area contributed by atoms with Crippen molar-refractivity contribution in [1.29, 1.82) is 0 Å². The summed E-state index contributed by atoms with van der Waals surface area (Å²) in [5.74, 6) is 0.640. The minimum atomic E-state index is -3.85. The molecule has 1 unspecified atom stereocenters. The number of methoxy groups -OCH3 is 2. The first-order valence-corrected chi connectivity index (χ1v) is 10.2. The average Bonchev–Trinajstić information content (AvgIpc) is 2.70. The fourth-order valence-corrected chi connectivity index (χ4v) is 4.91. The summed E-state index contributed by atoms with van der Waals surface area (Å²) >= 11 is 0. The van der Waals surface area contributed by atoms with Crippen molar-refractivity contribution < 1.29 is 23.0 Å². The first kappa shape index (κ1) is 19.8. The zero-order valence-electron chi connectivity index (χ0n) is 15.9. The number of hydrogen-bond acceptors (Lipinski definition) is 5. The highest BCUT2D eigenvalue weighted by molar-refractivity contribution is 7.92. The Morgan fingerprint density at radius 3 is 2.07 bits per heavy atom. The van der Waals surface area contributed by atoms with Crippen molar-refractivity contribution in [2.24, 2.45) is 0 Å². The molecule has 146 valence electrons. The first-order chi connectivity index (χ1) is 13.4. The van der Waals surface area contributed by atoms with E-state index in [4.69, 9.17) is 9.47 Å². The Bertz CT molecular complexity index is 1060. The number of phenols is 1. The minimum Gasteiger partial charge on any atom is -0.504 e. The van der Waals surface area contributed by atoms with Crippen LogP contribution in [0, 0.1) is 6.92 Å². The fourth-order valence-electron chi connectivity index (χ4n) is 3.08. The lowest BCUT2D eigenvalue weighted by Crippen LogP contribution is -2.16. The summed E-state index contributed by atoms with van der Waals surface area (Å²) in [4.78, 5) is 0.182. The number of sulfone groups is 1. The summed E-state index contributed by atoms with van der Waals surface area (Å²) in [5.41, 5.74) is 1.74. The van der Waals surface area contributed by atoms with Crippen LogP contribution in [0.2, 0.25) is 0 Å². The average molecular weight is 398 g/mol. The van der Waals surface area contributed by atoms with Crippen molar-refractivity contribution in [3.8, 4) is 17.2 Å². The topological polar surface area (TPSA) is 72.8 Å². The summed E-state index contributed by atoms with van der Waals surface area (Å²) in [6, 6.07) is 18.3. The lowest BCUT2D eigenvalue weighted by atomic mass is 10.0. The molecular weight excluding hydrogens is 376 g/mol. The number of para-hydroxylation sites is 1. The molecule has 28 heavy (non-hydrogen) atoms. The van der Waals surface area contributed by atoms with Crippen molar-refractivity contribution in [2.45, 2.75) is 17.1 Å². The maximum absolute atomic E-state index is 13.6. The molecule has 0 fully saturated rings. The molecule has 1 atom stereocenters. The molecule has 0 aliphatic heterocycles. The zero-order chi connectivity index (χ0) is 20.3. The normalized spacial score (nSPS) is 12.4. The Kier molecular flexibility index (Phi) is 5.61. The zero-order valence-corrected chi connectivity index (χ0v) is 16.7. The highest BCUT2D eigenvalue weighted by atomic mass is 32.2. The third-order valence-corrected chi connectivity index (χ3v) is 6.69. The van der Waals surface area contributed by atoms with Crippen LogP contribution in [-0.4, -0.2) is 27.7 Å². The number of phenolic OH excluding ortho intramolecular Hbond substituents is 1. The molecule has 0 aliphatic carbocycles. The van der Waals surface area contributed by atoms with Gasteiger partial charge in [-0.2, -0.15) is 0 Å². The van der Waals surface area contributed by atoms with Gasteiger partial charge in [-0.3, -0.25) is 0 Å². The standard InChI is InChI=1S/C22H22O5S/c1-15-7-13-18(14-8-15)28(24,25)22(16-9-11-17(26-2)12-10-16)19-5-4-6-20(27-3)21(19)23/h4-14,22-23H,1-3H3. The lowest BCUT2D eigenvalue weighted by molar-refractivity contribution is 0.370. The first-order valence-electron chi connectivity index (χ1n) is 8.69. The molecular formula is C22H22O5S. The second-order valence-electron chi connectivity index (χ2n) is 6.41. The van der Waals surface area contributed by atoms with Gasteiger partial charge in [0.15, 0.2) is 21.3 Å². The van der Waals surface area contributed by atoms with E-state index in [0.29, 0.717) is 11.3 Å². The number of rotatable bonds is 6. The molecule has 0 aromatic heterocycles. The number of aromatic hydroxyl groups is 1. The molecule has 0 radical (unpaired) electrons. The maximum Gasteiger partial charge on any atom is 0.189 e. The van der Waals surface area contributed by atoms with Gasteiger partial charge in [-0.25, -0.2) is 8.42 Å². The Labute approximate surface area is 165 Å². The molecule has 1 N–H and O–H groups in total. The molecule has 0 aliphatic rings. The Morgan fingerprint density at radius 1 is 0.857 bits per heavy atom. The minimum absolute atomic E-state index is 0.182. The monoisotopic (exact) mass is 398 g/mol.